The maximum Gasteiger partial charge on any atom is 0.270 e. The second-order valence-corrected chi connectivity index (χ2v) is 9.23. The van der Waals surface area contributed by atoms with Crippen molar-refractivity contribution in [1.82, 2.24) is 25.1 Å². The smallest absolute Gasteiger partial charge is 0.270 e. The summed E-state index contributed by atoms with van der Waals surface area (Å²) in [6, 6.07) is 3.76. The lowest BCUT2D eigenvalue weighted by atomic mass is 10.2. The number of fused-ring (bicyclic) bond motifs is 1. The van der Waals surface area contributed by atoms with E-state index >= 15 is 0 Å². The predicted molar refractivity (Wildman–Crippen MR) is 130 cm³/mol. The highest BCUT2D eigenvalue weighted by molar-refractivity contribution is 7.99. The van der Waals surface area contributed by atoms with Crippen molar-refractivity contribution in [1.29, 1.82) is 0 Å². The van der Waals surface area contributed by atoms with Crippen molar-refractivity contribution >= 4 is 51.8 Å². The molecule has 10 nitrogen and oxygen atoms in total. The number of carbonyl (C=O) groups excluding carboxylic acids is 1. The van der Waals surface area contributed by atoms with Gasteiger partial charge in [-0.2, -0.15) is 5.10 Å². The van der Waals surface area contributed by atoms with Crippen LogP contribution < -0.4 is 10.6 Å². The Labute approximate surface area is 200 Å². The lowest BCUT2D eigenvalue weighted by molar-refractivity contribution is -0.384. The van der Waals surface area contributed by atoms with Crippen LogP contribution in [0.2, 0.25) is 5.02 Å². The zero-order chi connectivity index (χ0) is 24.0. The normalized spacial score (nSPS) is 11.2. The van der Waals surface area contributed by atoms with Gasteiger partial charge in [0.2, 0.25) is 0 Å². The van der Waals surface area contributed by atoms with Gasteiger partial charge in [-0.05, 0) is 18.4 Å². The quantitative estimate of drug-likeness (QED) is 0.175. The summed E-state index contributed by atoms with van der Waals surface area (Å²) in [5.74, 6) is 1.61. The number of nitrogens with zero attached hydrogens (tertiary/aromatic N) is 5. The summed E-state index contributed by atoms with van der Waals surface area (Å²) in [7, 11) is 0. The van der Waals surface area contributed by atoms with Gasteiger partial charge in [0.15, 0.2) is 10.8 Å². The largest absolute Gasteiger partial charge is 0.369 e. The van der Waals surface area contributed by atoms with E-state index < -0.39 is 10.8 Å². The summed E-state index contributed by atoms with van der Waals surface area (Å²) in [4.78, 5) is 32.3. The molecule has 0 aliphatic heterocycles. The van der Waals surface area contributed by atoms with Gasteiger partial charge in [-0.25, -0.2) is 14.6 Å². The molecule has 0 unspecified atom stereocenters. The highest BCUT2D eigenvalue weighted by atomic mass is 35.5. The average Bonchev–Trinajstić information content (AvgIpc) is 3.19. The molecular formula is C21H26ClN7O3S. The third kappa shape index (κ3) is 6.32. The number of anilines is 1. The van der Waals surface area contributed by atoms with E-state index in [-0.39, 0.29) is 22.8 Å². The Morgan fingerprint density at radius 3 is 2.82 bits per heavy atom. The van der Waals surface area contributed by atoms with Crippen molar-refractivity contribution in [3.8, 4) is 0 Å². The Morgan fingerprint density at radius 2 is 2.12 bits per heavy atom. The number of carbonyl (C=O) groups is 1. The van der Waals surface area contributed by atoms with Crippen molar-refractivity contribution < 1.29 is 9.72 Å². The number of hydrogen-bond donors (Lipinski definition) is 2. The van der Waals surface area contributed by atoms with Crippen LogP contribution in [-0.4, -0.2) is 49.4 Å². The maximum atomic E-state index is 12.5. The van der Waals surface area contributed by atoms with Crippen molar-refractivity contribution in [2.24, 2.45) is 5.92 Å². The number of non-ortho nitro benzene ring substituents is 1. The molecular weight excluding hydrogens is 466 g/mol. The number of nitrogens with one attached hydrogen (secondary N) is 2. The number of nitro benzene ring substituents is 1. The minimum atomic E-state index is -0.568. The van der Waals surface area contributed by atoms with E-state index in [2.05, 4.69) is 46.5 Å². The number of rotatable bonds is 11. The molecule has 2 N–H and O–H groups in total. The summed E-state index contributed by atoms with van der Waals surface area (Å²) in [6.45, 7) is 7.72. The molecule has 0 fully saturated rings. The van der Waals surface area contributed by atoms with E-state index in [0.29, 0.717) is 23.3 Å². The summed E-state index contributed by atoms with van der Waals surface area (Å²) in [5.41, 5.74) is 0.535. The van der Waals surface area contributed by atoms with E-state index in [0.717, 1.165) is 36.0 Å². The van der Waals surface area contributed by atoms with Gasteiger partial charge in [0.25, 0.3) is 11.6 Å². The first kappa shape index (κ1) is 24.7. The molecule has 3 rings (SSSR count). The van der Waals surface area contributed by atoms with Crippen LogP contribution in [0.25, 0.3) is 11.0 Å². The third-order valence-corrected chi connectivity index (χ3v) is 5.99. The van der Waals surface area contributed by atoms with Gasteiger partial charge in [0, 0.05) is 31.0 Å². The molecule has 2 heterocycles. The van der Waals surface area contributed by atoms with Crippen LogP contribution >= 0.6 is 23.4 Å². The standard InChI is InChI=1S/C21H26ClN7O3S/c1-4-9-33-21-26-18(24-11-13(2)3)16-12-25-28(19(16)27-21)8-7-23-20(30)15-10-14(29(31)32)5-6-17(15)22/h5-6,10,12-13H,4,7-9,11H2,1-3H3,(H,23,30)(H,24,26,27). The van der Waals surface area contributed by atoms with Crippen LogP contribution in [0, 0.1) is 16.0 Å². The molecule has 0 spiro atoms. The summed E-state index contributed by atoms with van der Waals surface area (Å²) in [6.07, 6.45) is 2.72. The van der Waals surface area contributed by atoms with Crippen LogP contribution in [0.5, 0.6) is 0 Å². The van der Waals surface area contributed by atoms with Crippen molar-refractivity contribution in [2.75, 3.05) is 24.2 Å². The van der Waals surface area contributed by atoms with Gasteiger partial charge in [-0.1, -0.05) is 44.1 Å². The van der Waals surface area contributed by atoms with Gasteiger partial charge in [-0.15, -0.1) is 0 Å². The zero-order valence-corrected chi connectivity index (χ0v) is 20.2. The van der Waals surface area contributed by atoms with E-state index in [1.54, 1.807) is 22.6 Å². The Morgan fingerprint density at radius 1 is 1.33 bits per heavy atom. The van der Waals surface area contributed by atoms with Crippen LogP contribution in [0.15, 0.2) is 29.6 Å². The molecule has 0 atom stereocenters. The van der Waals surface area contributed by atoms with E-state index in [1.165, 1.54) is 12.1 Å². The van der Waals surface area contributed by atoms with E-state index in [4.69, 9.17) is 11.6 Å². The number of amides is 1. The van der Waals surface area contributed by atoms with E-state index in [9.17, 15) is 14.9 Å². The minimum Gasteiger partial charge on any atom is -0.369 e. The van der Waals surface area contributed by atoms with Gasteiger partial charge in [-0.3, -0.25) is 14.9 Å². The van der Waals surface area contributed by atoms with Crippen LogP contribution in [0.1, 0.15) is 37.6 Å². The fourth-order valence-electron chi connectivity index (χ4n) is 2.96. The number of halogens is 1. The molecule has 1 amide bonds. The number of hydrogen-bond acceptors (Lipinski definition) is 8. The van der Waals surface area contributed by atoms with Gasteiger partial charge in [0.05, 0.1) is 33.6 Å². The number of benzene rings is 1. The SMILES string of the molecule is CCCSc1nc(NCC(C)C)c2cnn(CCNC(=O)c3cc([N+](=O)[O-])ccc3Cl)c2n1. The lowest BCUT2D eigenvalue weighted by Gasteiger charge is -2.11. The molecule has 3 aromatic rings. The third-order valence-electron chi connectivity index (χ3n) is 4.60. The molecule has 0 aliphatic carbocycles. The van der Waals surface area contributed by atoms with Crippen molar-refractivity contribution in [3.63, 3.8) is 0 Å². The fourth-order valence-corrected chi connectivity index (χ4v) is 3.86. The molecule has 1 aromatic carbocycles. The summed E-state index contributed by atoms with van der Waals surface area (Å²) in [5, 5.41) is 23.2. The van der Waals surface area contributed by atoms with Gasteiger partial charge >= 0.3 is 0 Å². The maximum absolute atomic E-state index is 12.5. The lowest BCUT2D eigenvalue weighted by Crippen LogP contribution is -2.28. The van der Waals surface area contributed by atoms with Crippen LogP contribution in [0.4, 0.5) is 11.5 Å². The Kier molecular flexibility index (Phi) is 8.45. The first-order chi connectivity index (χ1) is 15.8. The molecule has 0 bridgehead atoms. The van der Waals surface area contributed by atoms with E-state index in [1.807, 2.05) is 0 Å². The first-order valence-corrected chi connectivity index (χ1v) is 12.0. The first-order valence-electron chi connectivity index (χ1n) is 10.6. The van der Waals surface area contributed by atoms with Gasteiger partial charge in [0.1, 0.15) is 5.82 Å². The molecule has 0 radical (unpaired) electrons. The average molecular weight is 492 g/mol. The second-order valence-electron chi connectivity index (χ2n) is 7.76. The predicted octanol–water partition coefficient (Wildman–Crippen LogP) is 4.39. The van der Waals surface area contributed by atoms with Crippen molar-refractivity contribution in [2.45, 2.75) is 38.9 Å². The van der Waals surface area contributed by atoms with Crippen LogP contribution in [0.3, 0.4) is 0 Å². The Hall–Kier alpha value is -2.92. The van der Waals surface area contributed by atoms with Gasteiger partial charge < -0.3 is 10.6 Å². The fraction of sp³-hybridized carbons (Fsp3) is 0.429. The topological polar surface area (TPSA) is 128 Å². The highest BCUT2D eigenvalue weighted by Gasteiger charge is 2.17. The number of thioether (sulfide) groups is 1. The second kappa shape index (κ2) is 11.3. The Bertz CT molecular complexity index is 1150. The summed E-state index contributed by atoms with van der Waals surface area (Å²) >= 11 is 7.64. The highest BCUT2D eigenvalue weighted by Crippen LogP contribution is 2.25. The zero-order valence-electron chi connectivity index (χ0n) is 18.7. The summed E-state index contributed by atoms with van der Waals surface area (Å²) < 4.78 is 1.71. The molecule has 2 aromatic heterocycles. The molecule has 0 aliphatic rings. The molecule has 33 heavy (non-hydrogen) atoms. The van der Waals surface area contributed by atoms with Crippen molar-refractivity contribution in [3.05, 3.63) is 45.1 Å². The molecule has 12 heteroatoms. The Balaban J connectivity index is 1.76. The molecule has 0 saturated heterocycles. The van der Waals surface area contributed by atoms with Crippen LogP contribution in [-0.2, 0) is 6.54 Å². The monoisotopic (exact) mass is 491 g/mol. The molecule has 176 valence electrons. The number of aromatic nitrogens is 4. The number of nitro groups is 1. The molecule has 0 saturated carbocycles. The minimum absolute atomic E-state index is 0.0527.